The van der Waals surface area contributed by atoms with Crippen LogP contribution in [-0.4, -0.2) is 26.7 Å². The van der Waals surface area contributed by atoms with Crippen molar-refractivity contribution in [3.05, 3.63) is 84.4 Å². The van der Waals surface area contributed by atoms with Crippen LogP contribution in [0.25, 0.3) is 44.4 Å². The Hall–Kier alpha value is -4.73. The number of rotatable bonds is 4. The summed E-state index contributed by atoms with van der Waals surface area (Å²) in [6, 6.07) is 20.9. The second kappa shape index (κ2) is 8.56. The van der Waals surface area contributed by atoms with Crippen molar-refractivity contribution >= 4 is 22.5 Å². The highest BCUT2D eigenvalue weighted by atomic mass is 19.4. The highest BCUT2D eigenvalue weighted by Gasteiger charge is 2.31. The van der Waals surface area contributed by atoms with Crippen LogP contribution in [0, 0.1) is 0 Å². The zero-order valence-electron chi connectivity index (χ0n) is 18.0. The van der Waals surface area contributed by atoms with Gasteiger partial charge < -0.3 is 11.1 Å². The summed E-state index contributed by atoms with van der Waals surface area (Å²) in [5.41, 5.74) is 7.20. The van der Waals surface area contributed by atoms with Gasteiger partial charge in [-0.15, -0.1) is 5.10 Å². The van der Waals surface area contributed by atoms with E-state index in [0.29, 0.717) is 16.7 Å². The summed E-state index contributed by atoms with van der Waals surface area (Å²) in [5, 5.41) is 18.3. The molecule has 0 unspecified atom stereocenters. The van der Waals surface area contributed by atoms with Crippen LogP contribution in [0.1, 0.15) is 5.56 Å². The number of aromatic amines is 1. The molecule has 0 saturated carbocycles. The van der Waals surface area contributed by atoms with Crippen LogP contribution in [0.4, 0.5) is 23.7 Å². The van der Waals surface area contributed by atoms with Gasteiger partial charge in [0.05, 0.1) is 16.8 Å². The predicted molar refractivity (Wildman–Crippen MR) is 126 cm³/mol. The quantitative estimate of drug-likeness (QED) is 0.303. The number of nitrogens with zero attached hydrogens (tertiary/aromatic N) is 3. The molecule has 4 N–H and O–H groups in total. The van der Waals surface area contributed by atoms with Crippen molar-refractivity contribution in [3.63, 3.8) is 0 Å². The molecule has 2 amide bonds. The maximum Gasteiger partial charge on any atom is 0.416 e. The first-order valence-corrected chi connectivity index (χ1v) is 10.5. The van der Waals surface area contributed by atoms with Gasteiger partial charge in [-0.3, -0.25) is 0 Å². The number of aromatic nitrogens is 4. The molecule has 0 aliphatic carbocycles. The number of tetrazole rings is 1. The number of carbonyl (C=O) groups is 1. The minimum atomic E-state index is -4.55. The second-order valence-electron chi connectivity index (χ2n) is 7.76. The van der Waals surface area contributed by atoms with E-state index in [9.17, 15) is 18.0 Å². The summed E-state index contributed by atoms with van der Waals surface area (Å²) in [6.07, 6.45) is -4.55. The highest BCUT2D eigenvalue weighted by molar-refractivity contribution is 6.07. The molecule has 0 bridgehead atoms. The largest absolute Gasteiger partial charge is 0.416 e. The average molecular weight is 474 g/mol. The molecule has 0 saturated heterocycles. The van der Waals surface area contributed by atoms with E-state index in [1.54, 1.807) is 18.2 Å². The van der Waals surface area contributed by atoms with Crippen LogP contribution in [0.5, 0.6) is 0 Å². The SMILES string of the molecule is NC(=O)Nc1ccc(-c2cccc3ccccc23)c(-c2cccc(C(F)(F)F)c2)c1-c1nnn[nH]1. The monoisotopic (exact) mass is 474 g/mol. The lowest BCUT2D eigenvalue weighted by atomic mass is 9.86. The van der Waals surface area contributed by atoms with Gasteiger partial charge in [0.1, 0.15) is 0 Å². The van der Waals surface area contributed by atoms with Crippen molar-refractivity contribution in [2.75, 3.05) is 5.32 Å². The Labute approximate surface area is 196 Å². The van der Waals surface area contributed by atoms with Crippen LogP contribution < -0.4 is 11.1 Å². The molecule has 0 atom stereocenters. The lowest BCUT2D eigenvalue weighted by Gasteiger charge is -2.20. The van der Waals surface area contributed by atoms with Crippen LogP contribution in [0.15, 0.2) is 78.9 Å². The first-order valence-electron chi connectivity index (χ1n) is 10.5. The van der Waals surface area contributed by atoms with Crippen LogP contribution in [-0.2, 0) is 6.18 Å². The van der Waals surface area contributed by atoms with Gasteiger partial charge in [-0.2, -0.15) is 13.2 Å². The number of nitrogens with two attached hydrogens (primary N) is 1. The number of anilines is 1. The Morgan fingerprint density at radius 1 is 0.886 bits per heavy atom. The maximum absolute atomic E-state index is 13.6. The van der Waals surface area contributed by atoms with Gasteiger partial charge in [-0.05, 0) is 56.1 Å². The number of fused-ring (bicyclic) bond motifs is 1. The Balaban J connectivity index is 1.91. The molecule has 174 valence electrons. The van der Waals surface area contributed by atoms with E-state index in [0.717, 1.165) is 28.5 Å². The summed E-state index contributed by atoms with van der Waals surface area (Å²) in [4.78, 5) is 11.8. The molecular weight excluding hydrogens is 457 g/mol. The topological polar surface area (TPSA) is 110 Å². The minimum Gasteiger partial charge on any atom is -0.351 e. The summed E-state index contributed by atoms with van der Waals surface area (Å²) >= 11 is 0. The van der Waals surface area contributed by atoms with Gasteiger partial charge in [-0.1, -0.05) is 60.7 Å². The zero-order valence-corrected chi connectivity index (χ0v) is 18.0. The molecule has 0 aliphatic heterocycles. The molecule has 1 heterocycles. The molecule has 4 aromatic carbocycles. The third kappa shape index (κ3) is 4.17. The molecule has 0 aliphatic rings. The number of hydrogen-bond donors (Lipinski definition) is 3. The van der Waals surface area contributed by atoms with Gasteiger partial charge in [0.25, 0.3) is 0 Å². The fourth-order valence-corrected chi connectivity index (χ4v) is 4.19. The van der Waals surface area contributed by atoms with E-state index >= 15 is 0 Å². The molecule has 0 spiro atoms. The fourth-order valence-electron chi connectivity index (χ4n) is 4.19. The number of alkyl halides is 3. The lowest BCUT2D eigenvalue weighted by Crippen LogP contribution is -2.20. The van der Waals surface area contributed by atoms with Gasteiger partial charge in [-0.25, -0.2) is 9.89 Å². The number of benzene rings is 4. The Morgan fingerprint density at radius 3 is 2.40 bits per heavy atom. The van der Waals surface area contributed by atoms with E-state index in [4.69, 9.17) is 5.73 Å². The summed E-state index contributed by atoms with van der Waals surface area (Å²) < 4.78 is 40.9. The van der Waals surface area contributed by atoms with Gasteiger partial charge in [0.2, 0.25) is 0 Å². The van der Waals surface area contributed by atoms with Gasteiger partial charge in [0, 0.05) is 5.56 Å². The number of H-pyrrole nitrogens is 1. The predicted octanol–water partition coefficient (Wildman–Crippen LogP) is 5.86. The minimum absolute atomic E-state index is 0.156. The molecular formula is C25H17F3N6O. The molecule has 0 radical (unpaired) electrons. The third-order valence-corrected chi connectivity index (χ3v) is 5.60. The van der Waals surface area contributed by atoms with Crippen molar-refractivity contribution in [3.8, 4) is 33.6 Å². The Bertz CT molecular complexity index is 1540. The van der Waals surface area contributed by atoms with Crippen molar-refractivity contribution in [2.24, 2.45) is 5.73 Å². The summed E-state index contributed by atoms with van der Waals surface area (Å²) in [5.74, 6) is 0.156. The molecule has 1 aromatic heterocycles. The standard InChI is InChI=1S/C25H17F3N6O/c26-25(27,28)16-8-3-7-15(13-16)21-19(18-10-4-6-14-5-1-2-9-17(14)18)11-12-20(30-24(29)35)22(21)23-31-33-34-32-23/h1-13H,(H3,29,30,35)(H,31,32,33,34). The zero-order chi connectivity index (χ0) is 24.6. The maximum atomic E-state index is 13.6. The first-order chi connectivity index (χ1) is 16.8. The highest BCUT2D eigenvalue weighted by Crippen LogP contribution is 2.45. The van der Waals surface area contributed by atoms with E-state index in [2.05, 4.69) is 25.9 Å². The van der Waals surface area contributed by atoms with Crippen molar-refractivity contribution < 1.29 is 18.0 Å². The summed E-state index contributed by atoms with van der Waals surface area (Å²) in [6.45, 7) is 0. The molecule has 10 heteroatoms. The van der Waals surface area contributed by atoms with Crippen LogP contribution in [0.2, 0.25) is 0 Å². The van der Waals surface area contributed by atoms with E-state index in [-0.39, 0.29) is 17.1 Å². The number of amides is 2. The summed E-state index contributed by atoms with van der Waals surface area (Å²) in [7, 11) is 0. The normalized spacial score (nSPS) is 11.5. The number of urea groups is 1. The van der Waals surface area contributed by atoms with Crippen molar-refractivity contribution in [2.45, 2.75) is 6.18 Å². The van der Waals surface area contributed by atoms with E-state index < -0.39 is 17.8 Å². The molecule has 7 nitrogen and oxygen atoms in total. The third-order valence-electron chi connectivity index (χ3n) is 5.60. The molecule has 35 heavy (non-hydrogen) atoms. The Morgan fingerprint density at radius 2 is 1.66 bits per heavy atom. The lowest BCUT2D eigenvalue weighted by molar-refractivity contribution is -0.137. The number of nitrogens with one attached hydrogen (secondary N) is 2. The second-order valence-corrected chi connectivity index (χ2v) is 7.76. The van der Waals surface area contributed by atoms with E-state index in [1.165, 1.54) is 6.07 Å². The number of primary amides is 1. The fraction of sp³-hybridized carbons (Fsp3) is 0.0400. The molecule has 5 rings (SSSR count). The molecule has 5 aromatic rings. The Kier molecular flexibility index (Phi) is 5.40. The van der Waals surface area contributed by atoms with Crippen molar-refractivity contribution in [1.29, 1.82) is 0 Å². The van der Waals surface area contributed by atoms with Crippen molar-refractivity contribution in [1.82, 2.24) is 20.6 Å². The first kappa shape index (κ1) is 22.1. The van der Waals surface area contributed by atoms with E-state index in [1.807, 2.05) is 42.5 Å². The number of carbonyl (C=O) groups excluding carboxylic acids is 1. The molecule has 0 fully saturated rings. The van der Waals surface area contributed by atoms with Gasteiger partial charge in [0.15, 0.2) is 5.82 Å². The number of halogens is 3. The number of hydrogen-bond acceptors (Lipinski definition) is 4. The smallest absolute Gasteiger partial charge is 0.351 e. The van der Waals surface area contributed by atoms with Gasteiger partial charge >= 0.3 is 12.2 Å². The van der Waals surface area contributed by atoms with Crippen LogP contribution in [0.3, 0.4) is 0 Å². The average Bonchev–Trinajstić information content (AvgIpc) is 3.37. The van der Waals surface area contributed by atoms with Crippen LogP contribution >= 0.6 is 0 Å².